The van der Waals surface area contributed by atoms with Crippen LogP contribution in [0.1, 0.15) is 35.3 Å². The van der Waals surface area contributed by atoms with Crippen LogP contribution in [0.5, 0.6) is 11.5 Å². The number of halogens is 1. The van der Waals surface area contributed by atoms with Crippen molar-refractivity contribution in [3.05, 3.63) is 58.1 Å². The van der Waals surface area contributed by atoms with Gasteiger partial charge in [-0.2, -0.15) is 0 Å². The van der Waals surface area contributed by atoms with Gasteiger partial charge >= 0.3 is 0 Å². The fourth-order valence-electron chi connectivity index (χ4n) is 3.33. The molecule has 2 N–H and O–H groups in total. The molecule has 0 saturated carbocycles. The number of benzene rings is 2. The molecular formula is C23H27ClN2O4. The molecule has 3 rings (SSSR count). The third-order valence-electron chi connectivity index (χ3n) is 4.99. The number of hydrogen-bond donors (Lipinski definition) is 2. The summed E-state index contributed by atoms with van der Waals surface area (Å²) >= 11 is 6.27. The van der Waals surface area contributed by atoms with E-state index in [4.69, 9.17) is 21.1 Å². The molecule has 1 aliphatic rings. The van der Waals surface area contributed by atoms with Crippen LogP contribution in [0.2, 0.25) is 5.02 Å². The first-order chi connectivity index (χ1) is 14.4. The lowest BCUT2D eigenvalue weighted by Gasteiger charge is -2.22. The summed E-state index contributed by atoms with van der Waals surface area (Å²) in [5.74, 6) is 0.674. The minimum Gasteiger partial charge on any atom is -0.486 e. The van der Waals surface area contributed by atoms with Crippen LogP contribution in [0.15, 0.2) is 36.4 Å². The van der Waals surface area contributed by atoms with E-state index in [2.05, 4.69) is 10.6 Å². The van der Waals surface area contributed by atoms with Crippen molar-refractivity contribution >= 4 is 23.4 Å². The number of ether oxygens (including phenoxy) is 2. The monoisotopic (exact) mass is 430 g/mol. The zero-order valence-electron chi connectivity index (χ0n) is 17.5. The van der Waals surface area contributed by atoms with Crippen LogP contribution in [-0.2, 0) is 11.2 Å². The Morgan fingerprint density at radius 1 is 1.13 bits per heavy atom. The second kappa shape index (κ2) is 9.85. The Morgan fingerprint density at radius 2 is 1.87 bits per heavy atom. The highest BCUT2D eigenvalue weighted by atomic mass is 35.5. The maximum atomic E-state index is 12.7. The van der Waals surface area contributed by atoms with Crippen molar-refractivity contribution in [2.45, 2.75) is 33.2 Å². The Balaban J connectivity index is 1.59. The summed E-state index contributed by atoms with van der Waals surface area (Å²) < 4.78 is 11.1. The Labute approximate surface area is 181 Å². The van der Waals surface area contributed by atoms with Gasteiger partial charge in [-0.25, -0.2) is 0 Å². The molecule has 0 fully saturated rings. The minimum absolute atomic E-state index is 0.0540. The van der Waals surface area contributed by atoms with Crippen LogP contribution in [0.3, 0.4) is 0 Å². The molecule has 2 aromatic carbocycles. The maximum Gasteiger partial charge on any atom is 0.252 e. The molecule has 0 bridgehead atoms. The lowest BCUT2D eigenvalue weighted by molar-refractivity contribution is -0.123. The summed E-state index contributed by atoms with van der Waals surface area (Å²) in [6.07, 6.45) is 0.582. The van der Waals surface area contributed by atoms with Gasteiger partial charge in [-0.15, -0.1) is 0 Å². The predicted octanol–water partition coefficient (Wildman–Crippen LogP) is 3.53. The first-order valence-corrected chi connectivity index (χ1v) is 10.5. The van der Waals surface area contributed by atoms with Gasteiger partial charge in [0.05, 0.1) is 5.02 Å². The Kier molecular flexibility index (Phi) is 7.21. The summed E-state index contributed by atoms with van der Waals surface area (Å²) in [7, 11) is 0. The lowest BCUT2D eigenvalue weighted by Crippen LogP contribution is -2.50. The van der Waals surface area contributed by atoms with Crippen molar-refractivity contribution in [2.75, 3.05) is 19.8 Å². The number of fused-ring (bicyclic) bond motifs is 1. The molecule has 30 heavy (non-hydrogen) atoms. The molecule has 0 radical (unpaired) electrons. The molecule has 7 heteroatoms. The largest absolute Gasteiger partial charge is 0.486 e. The Bertz CT molecular complexity index is 929. The van der Waals surface area contributed by atoms with E-state index in [9.17, 15) is 9.59 Å². The van der Waals surface area contributed by atoms with Crippen LogP contribution < -0.4 is 20.1 Å². The van der Waals surface area contributed by atoms with Crippen molar-refractivity contribution in [3.8, 4) is 11.5 Å². The zero-order valence-corrected chi connectivity index (χ0v) is 18.2. The summed E-state index contributed by atoms with van der Waals surface area (Å²) in [6, 6.07) is 10.4. The Hall–Kier alpha value is -2.73. The molecule has 1 heterocycles. The molecule has 0 saturated heterocycles. The van der Waals surface area contributed by atoms with Crippen LogP contribution >= 0.6 is 11.6 Å². The second-order valence-corrected chi connectivity index (χ2v) is 8.06. The topological polar surface area (TPSA) is 76.7 Å². The summed E-state index contributed by atoms with van der Waals surface area (Å²) in [5.41, 5.74) is 2.38. The van der Waals surface area contributed by atoms with Gasteiger partial charge in [0, 0.05) is 12.1 Å². The molecule has 6 nitrogen and oxygen atoms in total. The van der Waals surface area contributed by atoms with Gasteiger partial charge in [-0.05, 0) is 48.6 Å². The molecule has 160 valence electrons. The number of nitrogens with one attached hydrogen (secondary N) is 2. The molecule has 1 unspecified atom stereocenters. The maximum absolute atomic E-state index is 12.7. The fourth-order valence-corrected chi connectivity index (χ4v) is 3.62. The minimum atomic E-state index is -0.624. The SMILES string of the molecule is Cc1ccccc1C(=O)NC(C(=O)NCCc1cc(Cl)c2c(c1)OCCO2)C(C)C. The molecule has 1 atom stereocenters. The van der Waals surface area contributed by atoms with E-state index in [0.717, 1.165) is 11.1 Å². The van der Waals surface area contributed by atoms with Crippen molar-refractivity contribution in [2.24, 2.45) is 5.92 Å². The molecular weight excluding hydrogens is 404 g/mol. The number of aryl methyl sites for hydroxylation is 1. The van der Waals surface area contributed by atoms with Crippen LogP contribution in [0.25, 0.3) is 0 Å². The van der Waals surface area contributed by atoms with E-state index in [1.807, 2.05) is 51.1 Å². The van der Waals surface area contributed by atoms with E-state index in [-0.39, 0.29) is 17.7 Å². The summed E-state index contributed by atoms with van der Waals surface area (Å²) in [6.45, 7) is 7.06. The van der Waals surface area contributed by atoms with Crippen LogP contribution in [-0.4, -0.2) is 37.6 Å². The average Bonchev–Trinajstić information content (AvgIpc) is 2.72. The van der Waals surface area contributed by atoms with Gasteiger partial charge in [0.15, 0.2) is 11.5 Å². The molecule has 0 aromatic heterocycles. The third kappa shape index (κ3) is 5.25. The Morgan fingerprint density at radius 3 is 2.60 bits per heavy atom. The smallest absolute Gasteiger partial charge is 0.252 e. The summed E-state index contributed by atoms with van der Waals surface area (Å²) in [4.78, 5) is 25.4. The van der Waals surface area contributed by atoms with Crippen molar-refractivity contribution in [1.29, 1.82) is 0 Å². The number of rotatable bonds is 7. The highest BCUT2D eigenvalue weighted by Crippen LogP contribution is 2.38. The molecule has 2 amide bonds. The van der Waals surface area contributed by atoms with Crippen molar-refractivity contribution < 1.29 is 19.1 Å². The zero-order chi connectivity index (χ0) is 21.7. The van der Waals surface area contributed by atoms with Gasteiger partial charge in [0.2, 0.25) is 5.91 Å². The second-order valence-electron chi connectivity index (χ2n) is 7.65. The van der Waals surface area contributed by atoms with Crippen molar-refractivity contribution in [1.82, 2.24) is 10.6 Å². The van der Waals surface area contributed by atoms with E-state index < -0.39 is 6.04 Å². The normalized spacial score (nSPS) is 13.6. The van der Waals surface area contributed by atoms with E-state index in [0.29, 0.717) is 48.3 Å². The average molecular weight is 431 g/mol. The summed E-state index contributed by atoms with van der Waals surface area (Å²) in [5, 5.41) is 6.28. The van der Waals surface area contributed by atoms with E-state index in [1.54, 1.807) is 6.07 Å². The quantitative estimate of drug-likeness (QED) is 0.704. The van der Waals surface area contributed by atoms with Gasteiger partial charge in [-0.1, -0.05) is 43.6 Å². The van der Waals surface area contributed by atoms with Crippen molar-refractivity contribution in [3.63, 3.8) is 0 Å². The van der Waals surface area contributed by atoms with Gasteiger partial charge in [-0.3, -0.25) is 9.59 Å². The first-order valence-electron chi connectivity index (χ1n) is 10.1. The molecule has 2 aromatic rings. The third-order valence-corrected chi connectivity index (χ3v) is 5.28. The van der Waals surface area contributed by atoms with Gasteiger partial charge in [0.1, 0.15) is 19.3 Å². The number of carbonyl (C=O) groups excluding carboxylic acids is 2. The predicted molar refractivity (Wildman–Crippen MR) is 116 cm³/mol. The lowest BCUT2D eigenvalue weighted by atomic mass is 10.0. The molecule has 1 aliphatic heterocycles. The number of carbonyl (C=O) groups is 2. The molecule has 0 spiro atoms. The number of amides is 2. The fraction of sp³-hybridized carbons (Fsp3) is 0.391. The molecule has 0 aliphatic carbocycles. The highest BCUT2D eigenvalue weighted by molar-refractivity contribution is 6.32. The number of hydrogen-bond acceptors (Lipinski definition) is 4. The van der Waals surface area contributed by atoms with E-state index in [1.165, 1.54) is 0 Å². The first kappa shape index (κ1) is 22.0. The van der Waals surface area contributed by atoms with E-state index >= 15 is 0 Å². The van der Waals surface area contributed by atoms with Crippen LogP contribution in [0.4, 0.5) is 0 Å². The van der Waals surface area contributed by atoms with Gasteiger partial charge in [0.25, 0.3) is 5.91 Å². The standard InChI is InChI=1S/C23H27ClN2O4/c1-14(2)20(26-22(27)17-7-5-4-6-15(17)3)23(28)25-9-8-16-12-18(24)21-19(13-16)29-10-11-30-21/h4-7,12-14,20H,8-11H2,1-3H3,(H,25,28)(H,26,27). The van der Waals surface area contributed by atoms with Gasteiger partial charge < -0.3 is 20.1 Å². The van der Waals surface area contributed by atoms with Crippen LogP contribution in [0, 0.1) is 12.8 Å². The highest BCUT2D eigenvalue weighted by Gasteiger charge is 2.25.